The van der Waals surface area contributed by atoms with Crippen LogP contribution in [-0.4, -0.2) is 20.1 Å². The highest BCUT2D eigenvalue weighted by molar-refractivity contribution is 6.06. The molecular weight excluding hydrogens is 259 g/mol. The van der Waals surface area contributed by atoms with Gasteiger partial charge in [0.1, 0.15) is 11.6 Å². The number of rotatable bonds is 3. The second-order valence-corrected chi connectivity index (χ2v) is 4.30. The summed E-state index contributed by atoms with van der Waals surface area (Å²) in [4.78, 5) is 13.7. The van der Waals surface area contributed by atoms with Crippen molar-refractivity contribution < 1.29 is 13.9 Å². The van der Waals surface area contributed by atoms with Crippen molar-refractivity contribution in [1.82, 2.24) is 0 Å². The molecule has 2 N–H and O–H groups in total. The zero-order valence-electron chi connectivity index (χ0n) is 11.3. The van der Waals surface area contributed by atoms with Crippen LogP contribution in [0.3, 0.4) is 0 Å². The summed E-state index contributed by atoms with van der Waals surface area (Å²) in [5, 5.41) is 0. The smallest absolute Gasteiger partial charge is 0.258 e. The number of carbonyl (C=O) groups is 1. The summed E-state index contributed by atoms with van der Waals surface area (Å²) in [6, 6.07) is 11.1. The van der Waals surface area contributed by atoms with E-state index in [1.54, 1.807) is 38.4 Å². The van der Waals surface area contributed by atoms with E-state index in [0.717, 1.165) is 6.07 Å². The van der Waals surface area contributed by atoms with Crippen molar-refractivity contribution in [1.29, 1.82) is 0 Å². The highest BCUT2D eigenvalue weighted by Crippen LogP contribution is 2.22. The number of hydrogen-bond donors (Lipinski definition) is 1. The number of hydrogen-bond acceptors (Lipinski definition) is 3. The highest BCUT2D eigenvalue weighted by atomic mass is 19.1. The molecule has 0 fully saturated rings. The van der Waals surface area contributed by atoms with Crippen LogP contribution < -0.4 is 15.4 Å². The molecule has 5 heteroatoms. The van der Waals surface area contributed by atoms with Gasteiger partial charge in [-0.05, 0) is 30.3 Å². The number of nitrogens with two attached hydrogens (primary N) is 1. The van der Waals surface area contributed by atoms with E-state index in [-0.39, 0.29) is 17.2 Å². The van der Waals surface area contributed by atoms with Crippen molar-refractivity contribution in [2.75, 3.05) is 24.8 Å². The Morgan fingerprint density at radius 1 is 1.25 bits per heavy atom. The Bertz CT molecular complexity index is 644. The summed E-state index contributed by atoms with van der Waals surface area (Å²) in [5.74, 6) is -0.280. The second-order valence-electron chi connectivity index (χ2n) is 4.30. The average molecular weight is 274 g/mol. The molecule has 0 aliphatic heterocycles. The van der Waals surface area contributed by atoms with Crippen molar-refractivity contribution in [2.45, 2.75) is 0 Å². The van der Waals surface area contributed by atoms with Crippen molar-refractivity contribution in [3.8, 4) is 5.75 Å². The molecule has 0 unspecified atom stereocenters. The normalized spacial score (nSPS) is 10.2. The third-order valence-electron chi connectivity index (χ3n) is 2.99. The van der Waals surface area contributed by atoms with Crippen molar-refractivity contribution in [2.24, 2.45) is 0 Å². The average Bonchev–Trinajstić information content (AvgIpc) is 2.48. The van der Waals surface area contributed by atoms with Crippen LogP contribution in [0, 0.1) is 5.82 Å². The molecule has 0 aliphatic rings. The van der Waals surface area contributed by atoms with Crippen LogP contribution in [0.2, 0.25) is 0 Å². The maximum atomic E-state index is 13.4. The number of anilines is 2. The largest absolute Gasteiger partial charge is 0.497 e. The van der Waals surface area contributed by atoms with Crippen LogP contribution in [0.15, 0.2) is 42.5 Å². The van der Waals surface area contributed by atoms with Crippen molar-refractivity contribution in [3.05, 3.63) is 53.8 Å². The molecule has 0 aromatic heterocycles. The number of ether oxygens (including phenoxy) is 1. The Morgan fingerprint density at radius 3 is 2.65 bits per heavy atom. The van der Waals surface area contributed by atoms with Gasteiger partial charge in [0.05, 0.1) is 12.8 Å². The minimum absolute atomic E-state index is 0.0191. The van der Waals surface area contributed by atoms with Crippen LogP contribution in [0.25, 0.3) is 0 Å². The second kappa shape index (κ2) is 5.61. The molecular formula is C15H15FN2O2. The van der Waals surface area contributed by atoms with E-state index < -0.39 is 5.82 Å². The predicted molar refractivity (Wildman–Crippen MR) is 76.5 cm³/mol. The molecule has 20 heavy (non-hydrogen) atoms. The van der Waals surface area contributed by atoms with Gasteiger partial charge in [-0.25, -0.2) is 4.39 Å². The lowest BCUT2D eigenvalue weighted by Gasteiger charge is -2.18. The van der Waals surface area contributed by atoms with Gasteiger partial charge in [-0.2, -0.15) is 0 Å². The van der Waals surface area contributed by atoms with E-state index in [0.29, 0.717) is 11.4 Å². The van der Waals surface area contributed by atoms with Gasteiger partial charge in [-0.15, -0.1) is 0 Å². The molecule has 4 nitrogen and oxygen atoms in total. The van der Waals surface area contributed by atoms with E-state index >= 15 is 0 Å². The first kappa shape index (κ1) is 13.9. The predicted octanol–water partition coefficient (Wildman–Crippen LogP) is 2.69. The summed E-state index contributed by atoms with van der Waals surface area (Å²) in [7, 11) is 3.17. The number of nitrogen functional groups attached to an aromatic ring is 1. The highest BCUT2D eigenvalue weighted by Gasteiger charge is 2.15. The number of amides is 1. The SMILES string of the molecule is COc1cccc(N(C)C(=O)c2ccc(N)c(F)c2)c1. The molecule has 1 amide bonds. The zero-order chi connectivity index (χ0) is 14.7. The summed E-state index contributed by atoms with van der Waals surface area (Å²) in [6.07, 6.45) is 0. The third kappa shape index (κ3) is 2.71. The van der Waals surface area contributed by atoms with E-state index in [1.165, 1.54) is 17.0 Å². The lowest BCUT2D eigenvalue weighted by atomic mass is 10.1. The van der Waals surface area contributed by atoms with E-state index in [9.17, 15) is 9.18 Å². The quantitative estimate of drug-likeness (QED) is 0.875. The molecule has 2 aromatic rings. The van der Waals surface area contributed by atoms with Crippen LogP contribution in [-0.2, 0) is 0 Å². The van der Waals surface area contributed by atoms with Gasteiger partial charge in [0.2, 0.25) is 0 Å². The first-order chi connectivity index (χ1) is 9.52. The molecule has 0 saturated carbocycles. The Labute approximate surface area is 116 Å². The first-order valence-corrected chi connectivity index (χ1v) is 6.00. The van der Waals surface area contributed by atoms with Crippen LogP contribution in [0.4, 0.5) is 15.8 Å². The van der Waals surface area contributed by atoms with Gasteiger partial charge in [0.25, 0.3) is 5.91 Å². The van der Waals surface area contributed by atoms with Gasteiger partial charge >= 0.3 is 0 Å². The number of benzene rings is 2. The summed E-state index contributed by atoms with van der Waals surface area (Å²) < 4.78 is 18.5. The Hall–Kier alpha value is -2.56. The standard InChI is InChI=1S/C15H15FN2O2/c1-18(11-4-3-5-12(9-11)20-2)15(19)10-6-7-14(17)13(16)8-10/h3-9H,17H2,1-2H3. The molecule has 0 radical (unpaired) electrons. The number of methoxy groups -OCH3 is 1. The molecule has 0 bridgehead atoms. The Balaban J connectivity index is 2.29. The molecule has 2 aromatic carbocycles. The van der Waals surface area contributed by atoms with Gasteiger partial charge in [-0.1, -0.05) is 6.07 Å². The van der Waals surface area contributed by atoms with Crippen LogP contribution in [0.5, 0.6) is 5.75 Å². The van der Waals surface area contributed by atoms with Gasteiger partial charge in [-0.3, -0.25) is 4.79 Å². The Kier molecular flexibility index (Phi) is 3.89. The van der Waals surface area contributed by atoms with Crippen LogP contribution >= 0.6 is 0 Å². The maximum absolute atomic E-state index is 13.4. The van der Waals surface area contributed by atoms with Gasteiger partial charge < -0.3 is 15.4 Å². The fourth-order valence-corrected chi connectivity index (χ4v) is 1.79. The molecule has 104 valence electrons. The van der Waals surface area contributed by atoms with Gasteiger partial charge in [0.15, 0.2) is 0 Å². The third-order valence-corrected chi connectivity index (χ3v) is 2.99. The minimum Gasteiger partial charge on any atom is -0.497 e. The van der Waals surface area contributed by atoms with E-state index in [1.807, 2.05) is 0 Å². The minimum atomic E-state index is -0.602. The first-order valence-electron chi connectivity index (χ1n) is 6.00. The van der Waals surface area contributed by atoms with Gasteiger partial charge in [0, 0.05) is 24.4 Å². The number of carbonyl (C=O) groups excluding carboxylic acids is 1. The van der Waals surface area contributed by atoms with Crippen LogP contribution in [0.1, 0.15) is 10.4 Å². The topological polar surface area (TPSA) is 55.6 Å². The molecule has 0 aliphatic carbocycles. The lowest BCUT2D eigenvalue weighted by Crippen LogP contribution is -2.26. The summed E-state index contributed by atoms with van der Waals surface area (Å²) >= 11 is 0. The number of nitrogens with zero attached hydrogens (tertiary/aromatic N) is 1. The Morgan fingerprint density at radius 2 is 2.00 bits per heavy atom. The lowest BCUT2D eigenvalue weighted by molar-refractivity contribution is 0.0992. The molecule has 2 rings (SSSR count). The molecule has 0 saturated heterocycles. The van der Waals surface area contributed by atoms with E-state index in [2.05, 4.69) is 0 Å². The van der Waals surface area contributed by atoms with Crippen molar-refractivity contribution >= 4 is 17.3 Å². The maximum Gasteiger partial charge on any atom is 0.258 e. The number of halogens is 1. The van der Waals surface area contributed by atoms with E-state index in [4.69, 9.17) is 10.5 Å². The fraction of sp³-hybridized carbons (Fsp3) is 0.133. The fourth-order valence-electron chi connectivity index (χ4n) is 1.79. The summed E-state index contributed by atoms with van der Waals surface area (Å²) in [6.45, 7) is 0. The monoisotopic (exact) mass is 274 g/mol. The molecule has 0 atom stereocenters. The summed E-state index contributed by atoms with van der Waals surface area (Å²) in [5.41, 5.74) is 6.31. The zero-order valence-corrected chi connectivity index (χ0v) is 11.3. The molecule has 0 spiro atoms. The molecule has 0 heterocycles. The van der Waals surface area contributed by atoms with Crippen molar-refractivity contribution in [3.63, 3.8) is 0 Å².